The largest absolute Gasteiger partial charge is 0.395 e. The molecule has 21 heavy (non-hydrogen) atoms. The first-order chi connectivity index (χ1) is 10.3. The molecule has 2 N–H and O–H groups in total. The Kier molecular flexibility index (Phi) is 2.95. The summed E-state index contributed by atoms with van der Waals surface area (Å²) in [5.41, 5.74) is 3.84. The molecular weight excluding hydrogens is 260 g/mol. The molecule has 1 aromatic carbocycles. The normalized spacial score (nSPS) is 28.6. The van der Waals surface area contributed by atoms with Gasteiger partial charge in [-0.3, -0.25) is 4.90 Å². The van der Waals surface area contributed by atoms with Crippen molar-refractivity contribution in [2.24, 2.45) is 5.41 Å². The number of aromatic amines is 1. The molecule has 0 radical (unpaired) electrons. The van der Waals surface area contributed by atoms with E-state index in [2.05, 4.69) is 53.2 Å². The number of aliphatic hydroxyl groups excluding tert-OH is 1. The van der Waals surface area contributed by atoms with E-state index >= 15 is 0 Å². The SMILES string of the molecule is CCC1(CO)C=CCN2CCc3c([nH]c4ccccc34)C21. The molecule has 3 heterocycles. The van der Waals surface area contributed by atoms with E-state index in [4.69, 9.17) is 0 Å². The van der Waals surface area contributed by atoms with Crippen LogP contribution in [0.2, 0.25) is 0 Å². The molecule has 2 unspecified atom stereocenters. The molecule has 0 aliphatic carbocycles. The summed E-state index contributed by atoms with van der Waals surface area (Å²) in [6.07, 6.45) is 6.52. The zero-order chi connectivity index (χ0) is 14.4. The number of hydrogen-bond donors (Lipinski definition) is 2. The minimum absolute atomic E-state index is 0.158. The maximum absolute atomic E-state index is 10.1. The number of para-hydroxylation sites is 1. The van der Waals surface area contributed by atoms with E-state index in [1.165, 1.54) is 22.2 Å². The summed E-state index contributed by atoms with van der Waals surface area (Å²) < 4.78 is 0. The molecule has 0 amide bonds. The van der Waals surface area contributed by atoms with Gasteiger partial charge in [-0.15, -0.1) is 0 Å². The van der Waals surface area contributed by atoms with Gasteiger partial charge < -0.3 is 10.1 Å². The van der Waals surface area contributed by atoms with Crippen LogP contribution in [0.15, 0.2) is 36.4 Å². The molecule has 0 bridgehead atoms. The van der Waals surface area contributed by atoms with E-state index in [-0.39, 0.29) is 18.1 Å². The second-order valence-electron chi connectivity index (χ2n) is 6.36. The number of rotatable bonds is 2. The second kappa shape index (κ2) is 4.72. The Morgan fingerprint density at radius 1 is 1.38 bits per heavy atom. The van der Waals surface area contributed by atoms with Crippen LogP contribution < -0.4 is 0 Å². The molecule has 4 rings (SSSR count). The lowest BCUT2D eigenvalue weighted by atomic mass is 9.72. The molecule has 110 valence electrons. The van der Waals surface area contributed by atoms with Crippen molar-refractivity contribution in [3.05, 3.63) is 47.7 Å². The van der Waals surface area contributed by atoms with Gasteiger partial charge in [0.1, 0.15) is 0 Å². The standard InChI is InChI=1S/C18H22N2O/c1-2-18(12-21)9-5-10-20-11-8-14-13-6-3-4-7-15(13)19-16(14)17(18)20/h3-7,9,17,19,21H,2,8,10-12H2,1H3. The number of aromatic nitrogens is 1. The van der Waals surface area contributed by atoms with Gasteiger partial charge in [0.05, 0.1) is 12.6 Å². The van der Waals surface area contributed by atoms with Crippen LogP contribution in [0.4, 0.5) is 0 Å². The van der Waals surface area contributed by atoms with Crippen molar-refractivity contribution < 1.29 is 5.11 Å². The third-order valence-corrected chi connectivity index (χ3v) is 5.42. The Morgan fingerprint density at radius 2 is 2.24 bits per heavy atom. The van der Waals surface area contributed by atoms with Crippen molar-refractivity contribution in [3.8, 4) is 0 Å². The van der Waals surface area contributed by atoms with Crippen molar-refractivity contribution in [1.29, 1.82) is 0 Å². The first-order valence-corrected chi connectivity index (χ1v) is 7.91. The summed E-state index contributed by atoms with van der Waals surface area (Å²) in [6, 6.07) is 8.84. The van der Waals surface area contributed by atoms with Gasteiger partial charge in [0, 0.05) is 35.1 Å². The van der Waals surface area contributed by atoms with E-state index in [9.17, 15) is 5.11 Å². The molecule has 0 saturated heterocycles. The number of fused-ring (bicyclic) bond motifs is 5. The minimum atomic E-state index is -0.158. The van der Waals surface area contributed by atoms with Gasteiger partial charge in [-0.2, -0.15) is 0 Å². The number of hydrogen-bond acceptors (Lipinski definition) is 2. The van der Waals surface area contributed by atoms with Crippen LogP contribution in [0.1, 0.15) is 30.6 Å². The first kappa shape index (κ1) is 13.1. The second-order valence-corrected chi connectivity index (χ2v) is 6.36. The zero-order valence-corrected chi connectivity index (χ0v) is 12.5. The number of nitrogens with zero attached hydrogens (tertiary/aromatic N) is 1. The topological polar surface area (TPSA) is 39.3 Å². The predicted molar refractivity (Wildman–Crippen MR) is 85.3 cm³/mol. The molecule has 0 saturated carbocycles. The average Bonchev–Trinajstić information content (AvgIpc) is 2.92. The third-order valence-electron chi connectivity index (χ3n) is 5.42. The highest BCUT2D eigenvalue weighted by Crippen LogP contribution is 2.48. The Morgan fingerprint density at radius 3 is 3.05 bits per heavy atom. The van der Waals surface area contributed by atoms with Crippen LogP contribution in [0.5, 0.6) is 0 Å². The Bertz CT molecular complexity index is 696. The quantitative estimate of drug-likeness (QED) is 0.831. The summed E-state index contributed by atoms with van der Waals surface area (Å²) in [7, 11) is 0. The van der Waals surface area contributed by atoms with Gasteiger partial charge in [-0.05, 0) is 24.5 Å². The monoisotopic (exact) mass is 282 g/mol. The fourth-order valence-corrected chi connectivity index (χ4v) is 4.21. The van der Waals surface area contributed by atoms with E-state index in [0.29, 0.717) is 0 Å². The number of aliphatic hydroxyl groups is 1. The van der Waals surface area contributed by atoms with Crippen LogP contribution in [-0.2, 0) is 6.42 Å². The molecule has 0 spiro atoms. The summed E-state index contributed by atoms with van der Waals surface area (Å²) in [5, 5.41) is 11.4. The molecule has 3 heteroatoms. The Balaban J connectivity index is 1.94. The van der Waals surface area contributed by atoms with E-state index in [0.717, 1.165) is 25.9 Å². The summed E-state index contributed by atoms with van der Waals surface area (Å²) in [6.45, 7) is 4.45. The fraction of sp³-hybridized carbons (Fsp3) is 0.444. The van der Waals surface area contributed by atoms with E-state index in [1.807, 2.05) is 0 Å². The van der Waals surface area contributed by atoms with Gasteiger partial charge >= 0.3 is 0 Å². The first-order valence-electron chi connectivity index (χ1n) is 7.91. The lowest BCUT2D eigenvalue weighted by Crippen LogP contribution is -2.48. The van der Waals surface area contributed by atoms with Gasteiger partial charge in [-0.1, -0.05) is 37.3 Å². The van der Waals surface area contributed by atoms with Crippen molar-refractivity contribution in [2.75, 3.05) is 19.7 Å². The summed E-state index contributed by atoms with van der Waals surface area (Å²) in [4.78, 5) is 6.16. The average molecular weight is 282 g/mol. The highest BCUT2D eigenvalue weighted by Gasteiger charge is 2.45. The van der Waals surface area contributed by atoms with E-state index < -0.39 is 0 Å². The van der Waals surface area contributed by atoms with Crippen LogP contribution in [0.3, 0.4) is 0 Å². The van der Waals surface area contributed by atoms with Crippen LogP contribution in [0, 0.1) is 5.41 Å². The van der Waals surface area contributed by atoms with Gasteiger partial charge in [0.15, 0.2) is 0 Å². The van der Waals surface area contributed by atoms with Gasteiger partial charge in [0.25, 0.3) is 0 Å². The molecule has 2 aromatic rings. The van der Waals surface area contributed by atoms with E-state index in [1.54, 1.807) is 0 Å². The summed E-state index contributed by atoms with van der Waals surface area (Å²) >= 11 is 0. The molecule has 2 aliphatic heterocycles. The Hall–Kier alpha value is -1.58. The minimum Gasteiger partial charge on any atom is -0.395 e. The lowest BCUT2D eigenvalue weighted by molar-refractivity contribution is 0.0305. The zero-order valence-electron chi connectivity index (χ0n) is 12.5. The number of benzene rings is 1. The van der Waals surface area contributed by atoms with Crippen LogP contribution >= 0.6 is 0 Å². The highest BCUT2D eigenvalue weighted by atomic mass is 16.3. The van der Waals surface area contributed by atoms with Crippen LogP contribution in [0.25, 0.3) is 10.9 Å². The predicted octanol–water partition coefficient (Wildman–Crippen LogP) is 3.03. The number of H-pyrrole nitrogens is 1. The molecule has 2 atom stereocenters. The van der Waals surface area contributed by atoms with Crippen molar-refractivity contribution in [2.45, 2.75) is 25.8 Å². The number of nitrogens with one attached hydrogen (secondary N) is 1. The fourth-order valence-electron chi connectivity index (χ4n) is 4.21. The van der Waals surface area contributed by atoms with Crippen molar-refractivity contribution in [3.63, 3.8) is 0 Å². The van der Waals surface area contributed by atoms with Crippen molar-refractivity contribution in [1.82, 2.24) is 9.88 Å². The molecule has 3 nitrogen and oxygen atoms in total. The van der Waals surface area contributed by atoms with Crippen molar-refractivity contribution >= 4 is 10.9 Å². The Labute approximate surface area is 125 Å². The van der Waals surface area contributed by atoms with Crippen LogP contribution in [-0.4, -0.2) is 34.7 Å². The van der Waals surface area contributed by atoms with Gasteiger partial charge in [-0.25, -0.2) is 0 Å². The summed E-state index contributed by atoms with van der Waals surface area (Å²) in [5.74, 6) is 0. The molecule has 1 aromatic heterocycles. The lowest BCUT2D eigenvalue weighted by Gasteiger charge is -2.48. The smallest absolute Gasteiger partial charge is 0.0618 e. The maximum Gasteiger partial charge on any atom is 0.0618 e. The van der Waals surface area contributed by atoms with Gasteiger partial charge in [0.2, 0.25) is 0 Å². The third kappa shape index (κ3) is 1.74. The maximum atomic E-state index is 10.1. The molecular formula is C18H22N2O. The molecule has 2 aliphatic rings. The molecule has 0 fully saturated rings. The highest BCUT2D eigenvalue weighted by molar-refractivity contribution is 5.85.